The lowest BCUT2D eigenvalue weighted by atomic mass is 9.87. The fourth-order valence-corrected chi connectivity index (χ4v) is 8.00. The fourth-order valence-electron chi connectivity index (χ4n) is 5.93. The first-order valence-corrected chi connectivity index (χ1v) is 16.2. The molecule has 0 radical (unpaired) electrons. The zero-order valence-electron chi connectivity index (χ0n) is 24.7. The molecular weight excluding hydrogens is 556 g/mol. The van der Waals surface area contributed by atoms with Crippen LogP contribution in [0.3, 0.4) is 0 Å². The summed E-state index contributed by atoms with van der Waals surface area (Å²) in [4.78, 5) is 16.0. The van der Waals surface area contributed by atoms with E-state index in [4.69, 9.17) is 11.6 Å². The summed E-state index contributed by atoms with van der Waals surface area (Å²) >= 11 is 6.28. The van der Waals surface area contributed by atoms with E-state index in [0.29, 0.717) is 17.1 Å². The SMILES string of the molecule is Cc1c(Cl)cccc1S(=O)(=O)N1CCn2cccc2C1CC(=O)NC1CCc2cc(CN(C)C(C)(C)C)ccc2C1. The number of aryl methyl sites for hydroxylation is 1. The van der Waals surface area contributed by atoms with Gasteiger partial charge in [0.1, 0.15) is 0 Å². The van der Waals surface area contributed by atoms with Crippen molar-refractivity contribution in [3.8, 4) is 0 Å². The molecule has 2 heterocycles. The molecule has 0 saturated heterocycles. The van der Waals surface area contributed by atoms with Crippen LogP contribution in [0.1, 0.15) is 67.6 Å². The minimum Gasteiger partial charge on any atom is -0.353 e. The Balaban J connectivity index is 1.30. The van der Waals surface area contributed by atoms with Crippen molar-refractivity contribution < 1.29 is 13.2 Å². The van der Waals surface area contributed by atoms with Gasteiger partial charge in [0.05, 0.1) is 10.9 Å². The van der Waals surface area contributed by atoms with Gasteiger partial charge in [-0.1, -0.05) is 35.9 Å². The number of rotatable bonds is 7. The smallest absolute Gasteiger partial charge is 0.244 e. The summed E-state index contributed by atoms with van der Waals surface area (Å²) in [6.45, 7) is 10.1. The second-order valence-corrected chi connectivity index (χ2v) is 14.7. The number of aromatic nitrogens is 1. The van der Waals surface area contributed by atoms with Crippen LogP contribution in [0.4, 0.5) is 0 Å². The lowest BCUT2D eigenvalue weighted by molar-refractivity contribution is -0.123. The minimum absolute atomic E-state index is 0.0220. The average Bonchev–Trinajstić information content (AvgIpc) is 3.39. The van der Waals surface area contributed by atoms with E-state index in [0.717, 1.165) is 31.5 Å². The number of nitrogens with one attached hydrogen (secondary N) is 1. The number of fused-ring (bicyclic) bond motifs is 2. The topological polar surface area (TPSA) is 74.6 Å². The second kappa shape index (κ2) is 11.6. The van der Waals surface area contributed by atoms with E-state index in [1.54, 1.807) is 25.1 Å². The third kappa shape index (κ3) is 6.26. The largest absolute Gasteiger partial charge is 0.353 e. The Morgan fingerprint density at radius 3 is 2.63 bits per heavy atom. The molecule has 5 rings (SSSR count). The first-order valence-electron chi connectivity index (χ1n) is 14.4. The van der Waals surface area contributed by atoms with Gasteiger partial charge in [0.2, 0.25) is 15.9 Å². The van der Waals surface area contributed by atoms with Crippen molar-refractivity contribution in [3.63, 3.8) is 0 Å². The van der Waals surface area contributed by atoms with Crippen LogP contribution in [0.5, 0.6) is 0 Å². The van der Waals surface area contributed by atoms with Gasteiger partial charge in [0, 0.05) is 54.5 Å². The third-order valence-electron chi connectivity index (χ3n) is 8.73. The molecule has 2 aromatic carbocycles. The van der Waals surface area contributed by atoms with Gasteiger partial charge in [-0.25, -0.2) is 8.42 Å². The fraction of sp³-hybridized carbons (Fsp3) is 0.469. The van der Waals surface area contributed by atoms with Gasteiger partial charge in [-0.3, -0.25) is 9.69 Å². The molecule has 0 fully saturated rings. The molecule has 1 amide bonds. The van der Waals surface area contributed by atoms with Crippen LogP contribution in [0.2, 0.25) is 5.02 Å². The van der Waals surface area contributed by atoms with Gasteiger partial charge >= 0.3 is 0 Å². The highest BCUT2D eigenvalue weighted by Crippen LogP contribution is 2.36. The Labute approximate surface area is 249 Å². The summed E-state index contributed by atoms with van der Waals surface area (Å²) in [5, 5.41) is 3.64. The first kappa shape index (κ1) is 29.8. The average molecular weight is 597 g/mol. The molecule has 7 nitrogen and oxygen atoms in total. The van der Waals surface area contributed by atoms with Crippen LogP contribution in [0, 0.1) is 6.92 Å². The van der Waals surface area contributed by atoms with Crippen LogP contribution in [0.15, 0.2) is 59.6 Å². The molecule has 0 spiro atoms. The Morgan fingerprint density at radius 2 is 1.88 bits per heavy atom. The number of benzene rings is 2. The maximum absolute atomic E-state index is 13.9. The van der Waals surface area contributed by atoms with Crippen molar-refractivity contribution in [2.75, 3.05) is 13.6 Å². The highest BCUT2D eigenvalue weighted by molar-refractivity contribution is 7.89. The van der Waals surface area contributed by atoms with E-state index in [2.05, 4.69) is 56.2 Å². The summed E-state index contributed by atoms with van der Waals surface area (Å²) in [5.74, 6) is -0.135. The van der Waals surface area contributed by atoms with Crippen molar-refractivity contribution in [2.45, 2.75) is 89.0 Å². The van der Waals surface area contributed by atoms with Gasteiger partial charge in [-0.05, 0) is 101 Å². The minimum atomic E-state index is -3.87. The number of sulfonamides is 1. The van der Waals surface area contributed by atoms with E-state index in [-0.39, 0.29) is 35.3 Å². The Kier molecular flexibility index (Phi) is 8.41. The van der Waals surface area contributed by atoms with Crippen molar-refractivity contribution in [1.82, 2.24) is 19.1 Å². The molecule has 41 heavy (non-hydrogen) atoms. The monoisotopic (exact) mass is 596 g/mol. The predicted molar refractivity (Wildman–Crippen MR) is 163 cm³/mol. The quantitative estimate of drug-likeness (QED) is 0.391. The number of hydrogen-bond donors (Lipinski definition) is 1. The van der Waals surface area contributed by atoms with E-state index in [9.17, 15) is 13.2 Å². The number of amides is 1. The van der Waals surface area contributed by atoms with Gasteiger partial charge in [-0.15, -0.1) is 0 Å². The highest BCUT2D eigenvalue weighted by atomic mass is 35.5. The van der Waals surface area contributed by atoms with E-state index < -0.39 is 16.1 Å². The molecule has 9 heteroatoms. The molecule has 3 aromatic rings. The van der Waals surface area contributed by atoms with Gasteiger partial charge in [0.25, 0.3) is 0 Å². The standard InChI is InChI=1S/C32H41ClN4O3S/c1-22-27(33)8-6-10-30(22)41(39,40)37-17-16-36-15-7-9-28(36)29(37)20-31(38)34-26-14-13-24-18-23(11-12-25(24)19-26)21-35(5)32(2,3)4/h6-12,15,18,26,29H,13-14,16-17,19-21H2,1-5H3,(H,34,38). The lowest BCUT2D eigenvalue weighted by Gasteiger charge is -2.36. The molecule has 220 valence electrons. The van der Waals surface area contributed by atoms with Crippen molar-refractivity contribution in [3.05, 3.63) is 87.7 Å². The molecule has 2 unspecified atom stereocenters. The van der Waals surface area contributed by atoms with Crippen LogP contribution >= 0.6 is 11.6 Å². The zero-order valence-corrected chi connectivity index (χ0v) is 26.2. The summed E-state index contributed by atoms with van der Waals surface area (Å²) in [5.41, 5.74) is 5.39. The van der Waals surface area contributed by atoms with Gasteiger partial charge in [-0.2, -0.15) is 4.31 Å². The summed E-state index contributed by atoms with van der Waals surface area (Å²) in [6, 6.07) is 14.9. The van der Waals surface area contributed by atoms with Crippen molar-refractivity contribution >= 4 is 27.5 Å². The summed E-state index contributed by atoms with van der Waals surface area (Å²) in [7, 11) is -1.72. The van der Waals surface area contributed by atoms with Crippen molar-refractivity contribution in [1.29, 1.82) is 0 Å². The molecule has 2 aliphatic rings. The summed E-state index contributed by atoms with van der Waals surface area (Å²) in [6.07, 6.45) is 4.56. The van der Waals surface area contributed by atoms with Crippen LogP contribution in [0.25, 0.3) is 0 Å². The number of nitrogens with zero attached hydrogens (tertiary/aromatic N) is 3. The predicted octanol–water partition coefficient (Wildman–Crippen LogP) is 5.49. The number of halogens is 1. The lowest BCUT2D eigenvalue weighted by Crippen LogP contribution is -2.45. The maximum atomic E-state index is 13.9. The molecule has 1 aliphatic carbocycles. The molecule has 2 atom stereocenters. The Hall–Kier alpha value is -2.65. The van der Waals surface area contributed by atoms with E-state index in [1.165, 1.54) is 21.0 Å². The molecule has 0 saturated carbocycles. The Bertz CT molecular complexity index is 1540. The van der Waals surface area contributed by atoms with Gasteiger partial charge in [0.15, 0.2) is 0 Å². The maximum Gasteiger partial charge on any atom is 0.244 e. The summed E-state index contributed by atoms with van der Waals surface area (Å²) < 4.78 is 31.3. The number of hydrogen-bond acceptors (Lipinski definition) is 4. The molecular formula is C32H41ClN4O3S. The van der Waals surface area contributed by atoms with E-state index in [1.807, 2.05) is 22.9 Å². The van der Waals surface area contributed by atoms with E-state index >= 15 is 0 Å². The van der Waals surface area contributed by atoms with Crippen LogP contribution < -0.4 is 5.32 Å². The molecule has 1 N–H and O–H groups in total. The van der Waals surface area contributed by atoms with Crippen LogP contribution in [-0.4, -0.2) is 53.3 Å². The second-order valence-electron chi connectivity index (χ2n) is 12.5. The van der Waals surface area contributed by atoms with Gasteiger partial charge < -0.3 is 9.88 Å². The normalized spacial score (nSPS) is 19.6. The highest BCUT2D eigenvalue weighted by Gasteiger charge is 2.39. The van der Waals surface area contributed by atoms with Crippen molar-refractivity contribution in [2.24, 2.45) is 0 Å². The molecule has 1 aromatic heterocycles. The number of carbonyl (C=O) groups excluding carboxylic acids is 1. The number of carbonyl (C=O) groups is 1. The first-order chi connectivity index (χ1) is 19.3. The molecule has 0 bridgehead atoms. The Morgan fingerprint density at radius 1 is 1.10 bits per heavy atom. The van der Waals surface area contributed by atoms with Crippen LogP contribution in [-0.2, 0) is 40.7 Å². The molecule has 1 aliphatic heterocycles. The third-order valence-corrected chi connectivity index (χ3v) is 11.2. The zero-order chi connectivity index (χ0) is 29.5.